The summed E-state index contributed by atoms with van der Waals surface area (Å²) in [4.78, 5) is 25.9. The minimum absolute atomic E-state index is 0.289. The fraction of sp³-hybridized carbons (Fsp3) is 0.906. The van der Waals surface area contributed by atoms with Crippen LogP contribution in [0, 0.1) is 60.1 Å². The summed E-state index contributed by atoms with van der Waals surface area (Å²) in [6, 6.07) is 25.2. The Morgan fingerprint density at radius 2 is 0.604 bits per heavy atom. The number of aryl methyl sites for hydroxylation is 1. The molecule has 0 aliphatic heterocycles. The van der Waals surface area contributed by atoms with Crippen LogP contribution < -0.4 is 0 Å². The zero-order valence-corrected chi connectivity index (χ0v) is 107. The van der Waals surface area contributed by atoms with E-state index >= 15 is 0 Å². The fourth-order valence-electron chi connectivity index (χ4n) is 18.6. The van der Waals surface area contributed by atoms with Crippen LogP contribution in [0.2, 0.25) is 0 Å². The summed E-state index contributed by atoms with van der Waals surface area (Å²) in [5.41, 5.74) is 8.55. The Bertz CT molecular complexity index is 3380. The molecule has 3 fully saturated rings. The lowest BCUT2D eigenvalue weighted by Crippen LogP contribution is -2.47. The zero-order valence-electron chi connectivity index (χ0n) is 107. The Labute approximate surface area is 878 Å². The van der Waals surface area contributed by atoms with E-state index in [0.717, 1.165) is 49.7 Å². The maximum atomic E-state index is 2.72. The van der Waals surface area contributed by atoms with Crippen LogP contribution in [-0.4, -0.2) is 236 Å². The lowest BCUT2D eigenvalue weighted by atomic mass is 9.87. The highest BCUT2D eigenvalue weighted by atomic mass is 15.2. The molecule has 0 unspecified atom stereocenters. The van der Waals surface area contributed by atoms with Crippen LogP contribution in [0.3, 0.4) is 0 Å². The van der Waals surface area contributed by atoms with Crippen molar-refractivity contribution in [2.45, 2.75) is 602 Å². The number of aromatic nitrogens is 1. The molecule has 6 rings (SSSR count). The highest BCUT2D eigenvalue weighted by Gasteiger charge is 2.35. The third-order valence-electron chi connectivity index (χ3n) is 25.6. The summed E-state index contributed by atoms with van der Waals surface area (Å²) in [5.74, 6) is 0.747. The van der Waals surface area contributed by atoms with Gasteiger partial charge in [-0.05, 0) is 334 Å². The lowest BCUT2D eigenvalue weighted by molar-refractivity contribution is 0.0596. The van der Waals surface area contributed by atoms with Crippen LogP contribution in [0.5, 0.6) is 0 Å². The second-order valence-corrected chi connectivity index (χ2v) is 59.8. The van der Waals surface area contributed by atoms with E-state index < -0.39 is 0 Å². The number of unbranched alkanes of at least 4 members (excludes halogenated alkanes) is 3. The van der Waals surface area contributed by atoms with Gasteiger partial charge in [0.1, 0.15) is 0 Å². The minimum Gasteiger partial charge on any atom is -0.341 e. The van der Waals surface area contributed by atoms with Gasteiger partial charge in [0.05, 0.1) is 0 Å². The first-order valence-electron chi connectivity index (χ1n) is 58.1. The first kappa shape index (κ1) is 143. The van der Waals surface area contributed by atoms with Gasteiger partial charge in [0.2, 0.25) is 0 Å². The minimum atomic E-state index is 0.289. The van der Waals surface area contributed by atoms with Crippen molar-refractivity contribution in [3.8, 4) is 0 Å². The number of rotatable bonds is 37. The zero-order chi connectivity index (χ0) is 110. The van der Waals surface area contributed by atoms with Gasteiger partial charge < -0.3 is 24.2 Å². The van der Waals surface area contributed by atoms with Gasteiger partial charge in [-0.3, -0.25) is 29.4 Å². The molecule has 0 bridgehead atoms. The highest BCUT2D eigenvalue weighted by Crippen LogP contribution is 2.36. The molecule has 3 aliphatic rings. The number of nitrogens with zero attached hydrogens (tertiary/aromatic N) is 11. The predicted molar refractivity (Wildman–Crippen MR) is 639 cm³/mol. The van der Waals surface area contributed by atoms with Crippen molar-refractivity contribution in [1.82, 2.24) is 53.6 Å². The van der Waals surface area contributed by atoms with Gasteiger partial charge in [0, 0.05) is 191 Å². The number of hydrogen-bond acceptors (Lipinski definition) is 10. The van der Waals surface area contributed by atoms with Crippen molar-refractivity contribution >= 4 is 21.8 Å². The van der Waals surface area contributed by atoms with E-state index in [1.165, 1.54) is 209 Å². The number of fused-ring (bicyclic) bond motifs is 3. The Morgan fingerprint density at radius 1 is 0.288 bits per heavy atom. The lowest BCUT2D eigenvalue weighted by Gasteiger charge is -2.43. The summed E-state index contributed by atoms with van der Waals surface area (Å²) in [6.07, 6.45) is 20.8. The Morgan fingerprint density at radius 3 is 0.863 bits per heavy atom. The van der Waals surface area contributed by atoms with E-state index in [1.807, 2.05) is 0 Å². The molecule has 3 aromatic rings. The molecule has 11 nitrogen and oxygen atoms in total. The van der Waals surface area contributed by atoms with Crippen molar-refractivity contribution in [2.75, 3.05) is 98.7 Å². The van der Waals surface area contributed by atoms with Crippen LogP contribution in [0.1, 0.15) is 510 Å². The third kappa shape index (κ3) is 75.2. The molecule has 830 valence electrons. The molecule has 3 saturated carbocycles. The van der Waals surface area contributed by atoms with E-state index in [9.17, 15) is 0 Å². The first-order chi connectivity index (χ1) is 62.7. The average Bonchev–Trinajstić information content (AvgIpc) is 1.61. The van der Waals surface area contributed by atoms with Crippen molar-refractivity contribution in [2.24, 2.45) is 60.1 Å². The summed E-state index contributed by atoms with van der Waals surface area (Å²) in [7, 11) is 2.18. The number of benzene rings is 2. The summed E-state index contributed by atoms with van der Waals surface area (Å²) >= 11 is 0. The van der Waals surface area contributed by atoms with Gasteiger partial charge >= 0.3 is 0 Å². The molecule has 0 N–H and O–H groups in total. The maximum absolute atomic E-state index is 2.72. The average molecular weight is 1960 g/mol. The van der Waals surface area contributed by atoms with Gasteiger partial charge in [-0.1, -0.05) is 305 Å². The molecule has 1 heterocycles. The van der Waals surface area contributed by atoms with E-state index in [4.69, 9.17) is 0 Å². The topological polar surface area (TPSA) is 37.3 Å². The molecule has 0 amide bonds. The Balaban J connectivity index is -0.000000738. The van der Waals surface area contributed by atoms with Gasteiger partial charge in [0.15, 0.2) is 0 Å². The smallest absolute Gasteiger partial charge is 0.0491 e. The molecule has 3 aliphatic carbocycles. The molecule has 139 heavy (non-hydrogen) atoms. The van der Waals surface area contributed by atoms with Gasteiger partial charge in [0.25, 0.3) is 0 Å². The van der Waals surface area contributed by atoms with Crippen LogP contribution in [0.25, 0.3) is 21.8 Å². The van der Waals surface area contributed by atoms with Crippen molar-refractivity contribution < 1.29 is 0 Å². The van der Waals surface area contributed by atoms with Gasteiger partial charge in [-0.2, -0.15) is 0 Å². The van der Waals surface area contributed by atoms with Crippen LogP contribution in [0.4, 0.5) is 0 Å². The molecular weight excluding hydrogens is 1690 g/mol. The SMILES string of the molecule is CC(C)CN(CC(C)(C)C)C(C)(C)C.CC(C)N(C)CC(C)(C)C.CC(C)N(CC(C)(C)C)C(C)C.CC(C)N(CC(C)(C)C)C1CC1.CC(C)N(CC(C)(C)C)C1CCC1.CC(C)N(CC(C)(C)C)C1CCCC1.CCCCCN(CC(C)(C)C)C(C)C.CCCCN(CC(C)(C)C)C(C)C.CCCN(CC(C)(C)C)C(C)C.CCn1c2ccccc2c2cc(CN(CC(C)(C)C)C(C)C)ccc21. The first-order valence-corrected chi connectivity index (χ1v) is 58.1. The van der Waals surface area contributed by atoms with E-state index in [1.54, 1.807) is 0 Å². The van der Waals surface area contributed by atoms with Crippen molar-refractivity contribution in [1.29, 1.82) is 0 Å². The monoisotopic (exact) mass is 1960 g/mol. The predicted octanol–water partition coefficient (Wildman–Crippen LogP) is 35.9. The largest absolute Gasteiger partial charge is 0.341 e. The normalized spacial score (nSPS) is 15.0. The fourth-order valence-corrected chi connectivity index (χ4v) is 18.6. The maximum Gasteiger partial charge on any atom is 0.0491 e. The van der Waals surface area contributed by atoms with Crippen LogP contribution in [-0.2, 0) is 13.1 Å². The molecule has 0 radical (unpaired) electrons. The molecule has 0 saturated heterocycles. The van der Waals surface area contributed by atoms with Crippen LogP contribution >= 0.6 is 0 Å². The molecule has 11 heteroatoms. The summed E-state index contributed by atoms with van der Waals surface area (Å²) in [5, 5.41) is 2.75. The molecule has 2 aromatic carbocycles. The summed E-state index contributed by atoms with van der Waals surface area (Å²) in [6.45, 7) is 155. The van der Waals surface area contributed by atoms with E-state index in [-0.39, 0.29) is 5.54 Å². The quantitative estimate of drug-likeness (QED) is 0.0521. The Kier molecular flexibility index (Phi) is 69.1. The highest BCUT2D eigenvalue weighted by molar-refractivity contribution is 6.08. The molecule has 0 spiro atoms. The van der Waals surface area contributed by atoms with Crippen molar-refractivity contribution in [3.05, 3.63) is 48.0 Å². The number of para-hydroxylation sites is 1. The second-order valence-electron chi connectivity index (χ2n) is 59.8. The van der Waals surface area contributed by atoms with Crippen molar-refractivity contribution in [3.63, 3.8) is 0 Å². The van der Waals surface area contributed by atoms with Gasteiger partial charge in [-0.15, -0.1) is 0 Å². The molecule has 1 aromatic heterocycles. The Hall–Kier alpha value is -2.16. The van der Waals surface area contributed by atoms with E-state index in [2.05, 4.69) is 512 Å². The van der Waals surface area contributed by atoms with Crippen LogP contribution in [0.15, 0.2) is 42.5 Å². The molecular formula is C128H263N11. The summed E-state index contributed by atoms with van der Waals surface area (Å²) < 4.78 is 2.42. The number of hydrogen-bond donors (Lipinski definition) is 0. The third-order valence-corrected chi connectivity index (χ3v) is 25.6. The second kappa shape index (κ2) is 67.1. The van der Waals surface area contributed by atoms with E-state index in [0.29, 0.717) is 109 Å². The standard InChI is InChI=1S/C23H32N2.C13H27N.2C13H29N.C12H25N.C12H27N.C11H23N.2C11H25N.C9H21N/c1-7-25-21-11-9-8-10-19(21)20-14-18(12-13-22(20)25)15-24(17(2)3)16-23(4,5)6;1-11(2)14(10-13(3,4)5)12-8-6-7-9-12;1-11(2)9-14(13(6,7)8)10-12(3,4)5;1-7-8-9-10-14(12(2)3)11-13(4,5)6;1-10(2)13(9-12(3,4)5)11-7-6-8-11;1-7-8-9-13(11(2)3)10-12(4,5)6;1-9(2)12(10-6-7-10)8-11(3,4)5;1-9(2)12(10(3)4)8-11(5,6)7;1-7-8-12(10(2)3)9-11(4,5)6;1-8(2)10(6)7-9(3,4)5/h8-14,17H,7,15-16H2,1-6H3;11-12H,6-10H2,1-5H3;11H,9-10H2,1-8H3;12H,7-11H2,1-6H3;10-11H,6-9H2,1-5H3;11H,7-10H2,1-6H3;9-10H,6-8H2,1-5H3;9-10H,8H2,1-7H3;10H,7-9H2,1-6H3;8H,7H2,1-6H3. The van der Waals surface area contributed by atoms with Gasteiger partial charge in [-0.25, -0.2) is 0 Å². The molecule has 0 atom stereocenters.